The number of ether oxygens (including phenoxy) is 1. The molecule has 2 unspecified atom stereocenters. The van der Waals surface area contributed by atoms with Gasteiger partial charge in [-0.2, -0.15) is 0 Å². The van der Waals surface area contributed by atoms with Gasteiger partial charge in [0.2, 0.25) is 11.8 Å². The van der Waals surface area contributed by atoms with E-state index in [0.29, 0.717) is 32.8 Å². The number of hydrogen-bond donors (Lipinski definition) is 3. The predicted octanol–water partition coefficient (Wildman–Crippen LogP) is -1.06. The zero-order valence-electron chi connectivity index (χ0n) is 13.3. The molecule has 1 heterocycles. The normalized spacial score (nSPS) is 20.8. The molecule has 2 atom stereocenters. The number of amides is 2. The minimum atomic E-state index is -0.317. The molecule has 1 aliphatic heterocycles. The SMILES string of the molecule is CCNC(=O)C1CNCCN1C(C)C(=O)NCCCOC. The molecule has 0 aromatic rings. The zero-order valence-corrected chi connectivity index (χ0v) is 13.3. The first-order chi connectivity index (χ1) is 10.1. The maximum absolute atomic E-state index is 12.2. The van der Waals surface area contributed by atoms with Crippen LogP contribution in [0.4, 0.5) is 0 Å². The van der Waals surface area contributed by atoms with Crippen molar-refractivity contribution in [2.45, 2.75) is 32.4 Å². The Morgan fingerprint density at radius 1 is 1.43 bits per heavy atom. The van der Waals surface area contributed by atoms with Crippen molar-refractivity contribution in [1.82, 2.24) is 20.9 Å². The van der Waals surface area contributed by atoms with Gasteiger partial charge in [0.05, 0.1) is 6.04 Å². The van der Waals surface area contributed by atoms with E-state index in [9.17, 15) is 9.59 Å². The highest BCUT2D eigenvalue weighted by molar-refractivity contribution is 5.85. The van der Waals surface area contributed by atoms with Crippen LogP contribution >= 0.6 is 0 Å². The van der Waals surface area contributed by atoms with Crippen LogP contribution in [0, 0.1) is 0 Å². The van der Waals surface area contributed by atoms with E-state index in [0.717, 1.165) is 13.0 Å². The lowest BCUT2D eigenvalue weighted by Crippen LogP contribution is -2.62. The fourth-order valence-electron chi connectivity index (χ4n) is 2.45. The van der Waals surface area contributed by atoms with Crippen LogP contribution < -0.4 is 16.0 Å². The summed E-state index contributed by atoms with van der Waals surface area (Å²) < 4.78 is 4.95. The van der Waals surface area contributed by atoms with Crippen LogP contribution in [0.25, 0.3) is 0 Å². The second-order valence-corrected chi connectivity index (χ2v) is 5.17. The fraction of sp³-hybridized carbons (Fsp3) is 0.857. The number of nitrogens with one attached hydrogen (secondary N) is 3. The topological polar surface area (TPSA) is 82.7 Å². The van der Waals surface area contributed by atoms with E-state index in [1.807, 2.05) is 18.7 Å². The molecule has 0 saturated carbocycles. The molecule has 0 bridgehead atoms. The maximum atomic E-state index is 12.2. The summed E-state index contributed by atoms with van der Waals surface area (Å²) in [5.74, 6) is -0.0639. The van der Waals surface area contributed by atoms with Crippen molar-refractivity contribution >= 4 is 11.8 Å². The number of methoxy groups -OCH3 is 1. The Morgan fingerprint density at radius 2 is 2.19 bits per heavy atom. The first kappa shape index (κ1) is 17.9. The second-order valence-electron chi connectivity index (χ2n) is 5.17. The van der Waals surface area contributed by atoms with E-state index in [1.54, 1.807) is 7.11 Å². The summed E-state index contributed by atoms with van der Waals surface area (Å²) in [4.78, 5) is 26.2. The molecule has 2 amide bonds. The van der Waals surface area contributed by atoms with Gasteiger partial charge in [-0.05, 0) is 20.3 Å². The van der Waals surface area contributed by atoms with E-state index in [1.165, 1.54) is 0 Å². The van der Waals surface area contributed by atoms with Crippen LogP contribution in [-0.2, 0) is 14.3 Å². The van der Waals surface area contributed by atoms with Crippen molar-refractivity contribution in [1.29, 1.82) is 0 Å². The number of likely N-dealkylation sites (N-methyl/N-ethyl adjacent to an activating group) is 1. The Kier molecular flexibility index (Phi) is 8.26. The van der Waals surface area contributed by atoms with E-state index in [-0.39, 0.29) is 23.9 Å². The maximum Gasteiger partial charge on any atom is 0.238 e. The van der Waals surface area contributed by atoms with Gasteiger partial charge in [0, 0.05) is 46.4 Å². The summed E-state index contributed by atoms with van der Waals surface area (Å²) >= 11 is 0. The molecule has 1 aliphatic rings. The van der Waals surface area contributed by atoms with Gasteiger partial charge >= 0.3 is 0 Å². The predicted molar refractivity (Wildman–Crippen MR) is 81.0 cm³/mol. The van der Waals surface area contributed by atoms with Gasteiger partial charge in [0.1, 0.15) is 6.04 Å². The highest BCUT2D eigenvalue weighted by atomic mass is 16.5. The van der Waals surface area contributed by atoms with Gasteiger partial charge in [-0.1, -0.05) is 0 Å². The van der Waals surface area contributed by atoms with Crippen LogP contribution in [0.5, 0.6) is 0 Å². The number of rotatable bonds is 8. The Labute approximate surface area is 126 Å². The van der Waals surface area contributed by atoms with E-state index < -0.39 is 0 Å². The number of piperazine rings is 1. The lowest BCUT2D eigenvalue weighted by Gasteiger charge is -2.38. The summed E-state index contributed by atoms with van der Waals surface area (Å²) in [6, 6.07) is -0.610. The summed E-state index contributed by atoms with van der Waals surface area (Å²) in [7, 11) is 1.64. The largest absolute Gasteiger partial charge is 0.385 e. The molecule has 0 aromatic heterocycles. The van der Waals surface area contributed by atoms with E-state index >= 15 is 0 Å². The first-order valence-electron chi connectivity index (χ1n) is 7.62. The first-order valence-corrected chi connectivity index (χ1v) is 7.62. The lowest BCUT2D eigenvalue weighted by atomic mass is 10.1. The van der Waals surface area contributed by atoms with Gasteiger partial charge in [0.25, 0.3) is 0 Å². The molecule has 7 heteroatoms. The molecule has 1 rings (SSSR count). The molecule has 0 spiro atoms. The summed E-state index contributed by atoms with van der Waals surface area (Å²) in [6.07, 6.45) is 0.788. The molecule has 0 aromatic carbocycles. The summed E-state index contributed by atoms with van der Waals surface area (Å²) in [6.45, 7) is 7.62. The summed E-state index contributed by atoms with van der Waals surface area (Å²) in [5, 5.41) is 8.93. The molecule has 0 radical (unpaired) electrons. The van der Waals surface area contributed by atoms with Crippen molar-refractivity contribution in [3.63, 3.8) is 0 Å². The third kappa shape index (κ3) is 5.61. The third-order valence-electron chi connectivity index (χ3n) is 3.64. The molecular formula is C14H28N4O3. The minimum absolute atomic E-state index is 0.0243. The van der Waals surface area contributed by atoms with Crippen LogP contribution in [0.15, 0.2) is 0 Å². The summed E-state index contributed by atoms with van der Waals surface area (Å²) in [5.41, 5.74) is 0. The molecule has 1 saturated heterocycles. The number of nitrogens with zero attached hydrogens (tertiary/aromatic N) is 1. The van der Waals surface area contributed by atoms with E-state index in [4.69, 9.17) is 4.74 Å². The Morgan fingerprint density at radius 3 is 2.86 bits per heavy atom. The van der Waals surface area contributed by atoms with Crippen molar-refractivity contribution < 1.29 is 14.3 Å². The minimum Gasteiger partial charge on any atom is -0.385 e. The van der Waals surface area contributed by atoms with Crippen LogP contribution in [0.2, 0.25) is 0 Å². The van der Waals surface area contributed by atoms with Gasteiger partial charge in [-0.25, -0.2) is 0 Å². The Hall–Kier alpha value is -1.18. The van der Waals surface area contributed by atoms with Crippen molar-refractivity contribution in [3.8, 4) is 0 Å². The van der Waals surface area contributed by atoms with E-state index in [2.05, 4.69) is 16.0 Å². The zero-order chi connectivity index (χ0) is 15.7. The average Bonchev–Trinajstić information content (AvgIpc) is 2.51. The number of carbonyl (C=O) groups is 2. The van der Waals surface area contributed by atoms with Crippen molar-refractivity contribution in [3.05, 3.63) is 0 Å². The van der Waals surface area contributed by atoms with Crippen molar-refractivity contribution in [2.75, 3.05) is 46.4 Å². The van der Waals surface area contributed by atoms with Gasteiger partial charge in [0.15, 0.2) is 0 Å². The molecule has 3 N–H and O–H groups in total. The standard InChI is InChI=1S/C14H28N4O3/c1-4-16-14(20)12-10-15-7-8-18(12)11(2)13(19)17-6-5-9-21-3/h11-12,15H,4-10H2,1-3H3,(H,16,20)(H,17,19). The molecule has 1 fully saturated rings. The molecule has 7 nitrogen and oxygen atoms in total. The van der Waals surface area contributed by atoms with Gasteiger partial charge in [-0.3, -0.25) is 14.5 Å². The van der Waals surface area contributed by atoms with Crippen LogP contribution in [0.1, 0.15) is 20.3 Å². The quantitative estimate of drug-likeness (QED) is 0.498. The second kappa shape index (κ2) is 9.70. The van der Waals surface area contributed by atoms with Crippen LogP contribution in [0.3, 0.4) is 0 Å². The highest BCUT2D eigenvalue weighted by Crippen LogP contribution is 2.09. The number of carbonyl (C=O) groups excluding carboxylic acids is 2. The van der Waals surface area contributed by atoms with Gasteiger partial charge in [-0.15, -0.1) is 0 Å². The molecular weight excluding hydrogens is 272 g/mol. The fourth-order valence-corrected chi connectivity index (χ4v) is 2.45. The monoisotopic (exact) mass is 300 g/mol. The molecule has 122 valence electrons. The lowest BCUT2D eigenvalue weighted by molar-refractivity contribution is -0.133. The average molecular weight is 300 g/mol. The highest BCUT2D eigenvalue weighted by Gasteiger charge is 2.34. The number of hydrogen-bond acceptors (Lipinski definition) is 5. The van der Waals surface area contributed by atoms with Gasteiger partial charge < -0.3 is 20.7 Å². The molecule has 21 heavy (non-hydrogen) atoms. The Bertz CT molecular complexity index is 338. The smallest absolute Gasteiger partial charge is 0.238 e. The molecule has 0 aliphatic carbocycles. The van der Waals surface area contributed by atoms with Crippen molar-refractivity contribution in [2.24, 2.45) is 0 Å². The third-order valence-corrected chi connectivity index (χ3v) is 3.64. The van der Waals surface area contributed by atoms with Crippen LogP contribution in [-0.4, -0.2) is 75.2 Å². The Balaban J connectivity index is 2.53.